The lowest BCUT2D eigenvalue weighted by Crippen LogP contribution is -2.43. The number of carbonyl (C=O) groups is 1. The number of nitrogens with one attached hydrogen (secondary N) is 1. The van der Waals surface area contributed by atoms with Crippen molar-refractivity contribution in [2.45, 2.75) is 31.4 Å². The van der Waals surface area contributed by atoms with Crippen molar-refractivity contribution in [1.29, 1.82) is 0 Å². The zero-order chi connectivity index (χ0) is 13.3. The Morgan fingerprint density at radius 3 is 2.89 bits per heavy atom. The molecule has 6 heteroatoms. The molecule has 5 nitrogen and oxygen atoms in total. The Hall–Kier alpha value is -0.850. The highest BCUT2D eigenvalue weighted by Crippen LogP contribution is 2.37. The van der Waals surface area contributed by atoms with E-state index in [0.29, 0.717) is 11.7 Å². The number of halogens is 1. The van der Waals surface area contributed by atoms with Crippen LogP contribution in [0.25, 0.3) is 0 Å². The van der Waals surface area contributed by atoms with Crippen molar-refractivity contribution in [3.05, 3.63) is 22.4 Å². The number of aliphatic hydroxyl groups excluding tert-OH is 1. The maximum atomic E-state index is 12.0. The molecule has 100 valence electrons. The highest BCUT2D eigenvalue weighted by molar-refractivity contribution is 9.10. The number of hydrogen-bond donors (Lipinski definition) is 3. The number of aromatic nitrogens is 1. The van der Waals surface area contributed by atoms with Crippen LogP contribution in [0, 0.1) is 0 Å². The Balaban J connectivity index is 2.04. The third-order valence-electron chi connectivity index (χ3n) is 2.96. The van der Waals surface area contributed by atoms with Crippen LogP contribution in [0.15, 0.2) is 16.7 Å². The van der Waals surface area contributed by atoms with Crippen molar-refractivity contribution in [2.24, 2.45) is 0 Å². The van der Waals surface area contributed by atoms with E-state index in [4.69, 9.17) is 5.11 Å². The SMILES string of the molecule is CC(O)(CO)CNC(=O)c1cc(Br)cn1C1CC1. The molecule has 18 heavy (non-hydrogen) atoms. The summed E-state index contributed by atoms with van der Waals surface area (Å²) in [7, 11) is 0. The van der Waals surface area contributed by atoms with Gasteiger partial charge < -0.3 is 20.1 Å². The van der Waals surface area contributed by atoms with Crippen LogP contribution in [0.3, 0.4) is 0 Å². The maximum Gasteiger partial charge on any atom is 0.268 e. The number of aliphatic hydroxyl groups is 2. The van der Waals surface area contributed by atoms with Gasteiger partial charge in [-0.2, -0.15) is 0 Å². The molecular formula is C12H17BrN2O3. The predicted octanol–water partition coefficient (Wildman–Crippen LogP) is 1.06. The van der Waals surface area contributed by atoms with E-state index >= 15 is 0 Å². The molecule has 1 aromatic rings. The molecule has 3 N–H and O–H groups in total. The second-order valence-electron chi connectivity index (χ2n) is 5.02. The van der Waals surface area contributed by atoms with Crippen molar-refractivity contribution >= 4 is 21.8 Å². The predicted molar refractivity (Wildman–Crippen MR) is 70.4 cm³/mol. The molecule has 1 saturated carbocycles. The smallest absolute Gasteiger partial charge is 0.268 e. The van der Waals surface area contributed by atoms with Crippen LogP contribution < -0.4 is 5.32 Å². The van der Waals surface area contributed by atoms with Crippen LogP contribution in [0.1, 0.15) is 36.3 Å². The van der Waals surface area contributed by atoms with Crippen molar-refractivity contribution in [1.82, 2.24) is 9.88 Å². The van der Waals surface area contributed by atoms with Crippen LogP contribution in [0.2, 0.25) is 0 Å². The monoisotopic (exact) mass is 316 g/mol. The molecule has 1 aliphatic rings. The van der Waals surface area contributed by atoms with Crippen LogP contribution >= 0.6 is 15.9 Å². The van der Waals surface area contributed by atoms with Gasteiger partial charge in [0.2, 0.25) is 0 Å². The average molecular weight is 317 g/mol. The van der Waals surface area contributed by atoms with Gasteiger partial charge in [-0.1, -0.05) is 0 Å². The topological polar surface area (TPSA) is 74.5 Å². The summed E-state index contributed by atoms with van der Waals surface area (Å²) in [5.74, 6) is -0.235. The number of nitrogens with zero attached hydrogens (tertiary/aromatic N) is 1. The highest BCUT2D eigenvalue weighted by Gasteiger charge is 2.28. The summed E-state index contributed by atoms with van der Waals surface area (Å²) in [6, 6.07) is 2.18. The van der Waals surface area contributed by atoms with Crippen molar-refractivity contribution in [3.63, 3.8) is 0 Å². The first kappa shape index (κ1) is 13.6. The Labute approximate surface area is 114 Å². The summed E-state index contributed by atoms with van der Waals surface area (Å²) in [6.07, 6.45) is 4.09. The van der Waals surface area contributed by atoms with Gasteiger partial charge in [-0.3, -0.25) is 4.79 Å². The second-order valence-corrected chi connectivity index (χ2v) is 5.94. The average Bonchev–Trinajstić information content (AvgIpc) is 3.09. The van der Waals surface area contributed by atoms with Crippen molar-refractivity contribution in [2.75, 3.05) is 13.2 Å². The number of hydrogen-bond acceptors (Lipinski definition) is 3. The summed E-state index contributed by atoms with van der Waals surface area (Å²) >= 11 is 3.36. The lowest BCUT2D eigenvalue weighted by Gasteiger charge is -2.20. The molecule has 0 bridgehead atoms. The molecular weight excluding hydrogens is 300 g/mol. The van der Waals surface area contributed by atoms with Crippen molar-refractivity contribution in [3.8, 4) is 0 Å². The summed E-state index contributed by atoms with van der Waals surface area (Å²) < 4.78 is 2.82. The summed E-state index contributed by atoms with van der Waals surface area (Å²) in [4.78, 5) is 12.0. The van der Waals surface area contributed by atoms with E-state index in [1.165, 1.54) is 6.92 Å². The first-order valence-electron chi connectivity index (χ1n) is 5.92. The Kier molecular flexibility index (Phi) is 3.79. The van der Waals surface area contributed by atoms with Crippen LogP contribution in [0.5, 0.6) is 0 Å². The van der Waals surface area contributed by atoms with Gasteiger partial charge in [0.1, 0.15) is 11.3 Å². The second kappa shape index (κ2) is 5.03. The van der Waals surface area contributed by atoms with Crippen molar-refractivity contribution < 1.29 is 15.0 Å². The molecule has 1 atom stereocenters. The lowest BCUT2D eigenvalue weighted by atomic mass is 10.1. The standard InChI is InChI=1S/C12H17BrN2O3/c1-12(18,7-16)6-14-11(17)10-4-8(13)5-15(10)9-2-3-9/h4-5,9,16,18H,2-3,6-7H2,1H3,(H,14,17). The van der Waals surface area contributed by atoms with E-state index in [0.717, 1.165) is 17.3 Å². The van der Waals surface area contributed by atoms with Crippen LogP contribution in [-0.2, 0) is 0 Å². The quantitative estimate of drug-likeness (QED) is 0.760. The van der Waals surface area contributed by atoms with E-state index in [9.17, 15) is 9.90 Å². The molecule has 0 radical (unpaired) electrons. The van der Waals surface area contributed by atoms with Gasteiger partial charge in [0.15, 0.2) is 0 Å². The van der Waals surface area contributed by atoms with Gasteiger partial charge in [0, 0.05) is 23.3 Å². The highest BCUT2D eigenvalue weighted by atomic mass is 79.9. The molecule has 1 aliphatic carbocycles. The fourth-order valence-corrected chi connectivity index (χ4v) is 2.14. The number of rotatable bonds is 5. The molecule has 0 spiro atoms. The number of carbonyl (C=O) groups excluding carboxylic acids is 1. The molecule has 1 unspecified atom stereocenters. The molecule has 2 rings (SSSR count). The first-order chi connectivity index (χ1) is 8.43. The van der Waals surface area contributed by atoms with Gasteiger partial charge in [-0.15, -0.1) is 0 Å². The molecule has 1 heterocycles. The summed E-state index contributed by atoms with van der Waals surface area (Å²) in [5.41, 5.74) is -0.706. The minimum atomic E-state index is -1.29. The normalized spacial score (nSPS) is 18.4. The molecule has 0 aromatic carbocycles. The largest absolute Gasteiger partial charge is 0.393 e. The van der Waals surface area contributed by atoms with E-state index in [1.807, 2.05) is 10.8 Å². The summed E-state index contributed by atoms with van der Waals surface area (Å²) in [6.45, 7) is 1.11. The Bertz CT molecular complexity index is 452. The molecule has 0 saturated heterocycles. The van der Waals surface area contributed by atoms with E-state index in [2.05, 4.69) is 21.2 Å². The summed E-state index contributed by atoms with van der Waals surface area (Å²) in [5, 5.41) is 21.2. The van der Waals surface area contributed by atoms with Gasteiger partial charge >= 0.3 is 0 Å². The van der Waals surface area contributed by atoms with E-state index < -0.39 is 5.60 Å². The third kappa shape index (κ3) is 3.13. The first-order valence-corrected chi connectivity index (χ1v) is 6.71. The molecule has 1 fully saturated rings. The Morgan fingerprint density at radius 1 is 1.67 bits per heavy atom. The maximum absolute atomic E-state index is 12.0. The zero-order valence-electron chi connectivity index (χ0n) is 10.2. The minimum Gasteiger partial charge on any atom is -0.393 e. The number of amides is 1. The third-order valence-corrected chi connectivity index (χ3v) is 3.39. The van der Waals surface area contributed by atoms with Gasteiger partial charge in [0.05, 0.1) is 6.61 Å². The van der Waals surface area contributed by atoms with Gasteiger partial charge in [-0.05, 0) is 41.8 Å². The molecule has 1 aromatic heterocycles. The fourth-order valence-electron chi connectivity index (χ4n) is 1.70. The van der Waals surface area contributed by atoms with Crippen LogP contribution in [0.4, 0.5) is 0 Å². The Morgan fingerprint density at radius 2 is 2.33 bits per heavy atom. The van der Waals surface area contributed by atoms with E-state index in [1.54, 1.807) is 6.07 Å². The van der Waals surface area contributed by atoms with Gasteiger partial charge in [0.25, 0.3) is 5.91 Å². The molecule has 1 amide bonds. The minimum absolute atomic E-state index is 0.0236. The van der Waals surface area contributed by atoms with Gasteiger partial charge in [-0.25, -0.2) is 0 Å². The molecule has 0 aliphatic heterocycles. The fraction of sp³-hybridized carbons (Fsp3) is 0.583. The zero-order valence-corrected chi connectivity index (χ0v) is 11.8. The van der Waals surface area contributed by atoms with Crippen LogP contribution in [-0.4, -0.2) is 39.4 Å². The van der Waals surface area contributed by atoms with E-state index in [-0.39, 0.29) is 19.1 Å². The lowest BCUT2D eigenvalue weighted by molar-refractivity contribution is 0.00313.